The lowest BCUT2D eigenvalue weighted by Crippen LogP contribution is -2.30. The highest BCUT2D eigenvalue weighted by Gasteiger charge is 2.32. The van der Waals surface area contributed by atoms with Gasteiger partial charge in [0, 0.05) is 19.7 Å². The Hall–Kier alpha value is -3.22. The molecule has 0 aliphatic carbocycles. The molecule has 0 bridgehead atoms. The van der Waals surface area contributed by atoms with Crippen molar-refractivity contribution in [1.82, 2.24) is 14.5 Å². The minimum Gasteiger partial charge on any atom is -0.423 e. The Balaban J connectivity index is 1.63. The first kappa shape index (κ1) is 16.0. The number of fused-ring (bicyclic) bond motifs is 2. The second kappa shape index (κ2) is 5.90. The Kier molecular flexibility index (Phi) is 3.50. The van der Waals surface area contributed by atoms with Gasteiger partial charge in [-0.3, -0.25) is 9.36 Å². The maximum absolute atomic E-state index is 13.5. The van der Waals surface area contributed by atoms with E-state index in [9.17, 15) is 9.18 Å². The number of para-hydroxylation sites is 1. The average molecular weight is 364 g/mol. The molecule has 1 saturated heterocycles. The van der Waals surface area contributed by atoms with Crippen LogP contribution >= 0.6 is 0 Å². The van der Waals surface area contributed by atoms with Gasteiger partial charge in [-0.2, -0.15) is 4.98 Å². The van der Waals surface area contributed by atoms with Crippen LogP contribution in [0.1, 0.15) is 24.7 Å². The molecule has 4 aromatic rings. The molecule has 0 N–H and O–H groups in total. The van der Waals surface area contributed by atoms with Crippen molar-refractivity contribution in [2.75, 3.05) is 11.4 Å². The number of aromatic nitrogens is 3. The van der Waals surface area contributed by atoms with E-state index in [1.165, 1.54) is 12.1 Å². The standard InChI is InChI=1S/C20H17FN4O2/c1-24-18(22-14-6-3-2-5-13(14)19(24)26)16-7-4-10-25(16)20-23-15-9-8-12(21)11-17(15)27-20/h2-3,5-6,8-9,11,16H,4,7,10H2,1H3. The lowest BCUT2D eigenvalue weighted by Gasteiger charge is -2.24. The summed E-state index contributed by atoms with van der Waals surface area (Å²) in [7, 11) is 1.75. The Morgan fingerprint density at radius 3 is 2.89 bits per heavy atom. The summed E-state index contributed by atoms with van der Waals surface area (Å²) in [6, 6.07) is 12.0. The highest BCUT2D eigenvalue weighted by atomic mass is 19.1. The van der Waals surface area contributed by atoms with E-state index in [4.69, 9.17) is 9.40 Å². The van der Waals surface area contributed by atoms with Crippen LogP contribution in [0.2, 0.25) is 0 Å². The fourth-order valence-corrected chi connectivity index (χ4v) is 3.81. The Bertz CT molecular complexity index is 1230. The smallest absolute Gasteiger partial charge is 0.299 e. The Morgan fingerprint density at radius 2 is 2.00 bits per heavy atom. The first-order valence-electron chi connectivity index (χ1n) is 8.90. The van der Waals surface area contributed by atoms with Gasteiger partial charge in [0.15, 0.2) is 5.58 Å². The minimum atomic E-state index is -0.359. The second-order valence-electron chi connectivity index (χ2n) is 6.81. The third-order valence-corrected chi connectivity index (χ3v) is 5.15. The summed E-state index contributed by atoms with van der Waals surface area (Å²) in [6.45, 7) is 0.739. The van der Waals surface area contributed by atoms with Gasteiger partial charge in [-0.25, -0.2) is 9.37 Å². The molecule has 6 nitrogen and oxygen atoms in total. The van der Waals surface area contributed by atoms with Gasteiger partial charge in [0.25, 0.3) is 11.6 Å². The Morgan fingerprint density at radius 1 is 1.15 bits per heavy atom. The summed E-state index contributed by atoms with van der Waals surface area (Å²) >= 11 is 0. The number of benzene rings is 2. The van der Waals surface area contributed by atoms with Crippen molar-refractivity contribution in [1.29, 1.82) is 0 Å². The van der Waals surface area contributed by atoms with Crippen LogP contribution in [0.15, 0.2) is 51.7 Å². The molecule has 1 aliphatic heterocycles. The summed E-state index contributed by atoms with van der Waals surface area (Å²) in [4.78, 5) is 24.0. The third kappa shape index (κ3) is 2.50. The molecule has 0 amide bonds. The van der Waals surface area contributed by atoms with E-state index in [2.05, 4.69) is 4.98 Å². The van der Waals surface area contributed by atoms with Gasteiger partial charge < -0.3 is 9.32 Å². The minimum absolute atomic E-state index is 0.0675. The van der Waals surface area contributed by atoms with Gasteiger partial charge in [-0.05, 0) is 37.1 Å². The van der Waals surface area contributed by atoms with E-state index in [0.29, 0.717) is 33.8 Å². The Labute approximate surface area is 153 Å². The molecule has 0 saturated carbocycles. The van der Waals surface area contributed by atoms with Crippen LogP contribution in [0.3, 0.4) is 0 Å². The van der Waals surface area contributed by atoms with Crippen LogP contribution < -0.4 is 10.5 Å². The largest absolute Gasteiger partial charge is 0.423 e. The van der Waals surface area contributed by atoms with Gasteiger partial charge in [0.1, 0.15) is 17.2 Å². The zero-order valence-electron chi connectivity index (χ0n) is 14.7. The number of oxazole rings is 1. The number of hydrogen-bond acceptors (Lipinski definition) is 5. The van der Waals surface area contributed by atoms with Crippen LogP contribution in [0.25, 0.3) is 22.0 Å². The van der Waals surface area contributed by atoms with Crippen molar-refractivity contribution in [2.45, 2.75) is 18.9 Å². The molecule has 3 heterocycles. The van der Waals surface area contributed by atoms with Gasteiger partial charge in [0.2, 0.25) is 0 Å². The summed E-state index contributed by atoms with van der Waals surface area (Å²) in [5, 5.41) is 0.602. The molecule has 1 unspecified atom stereocenters. The topological polar surface area (TPSA) is 64.2 Å². The van der Waals surface area contributed by atoms with E-state index < -0.39 is 0 Å². The SMILES string of the molecule is Cn1c(C2CCCN2c2nc3ccc(F)cc3o2)nc2ccccc2c1=O. The summed E-state index contributed by atoms with van der Waals surface area (Å²) < 4.78 is 20.9. The molecule has 7 heteroatoms. The fraction of sp³-hybridized carbons (Fsp3) is 0.250. The van der Waals surface area contributed by atoms with Crippen molar-refractivity contribution in [2.24, 2.45) is 7.05 Å². The maximum atomic E-state index is 13.5. The molecular weight excluding hydrogens is 347 g/mol. The van der Waals surface area contributed by atoms with Crippen LogP contribution in [-0.4, -0.2) is 21.1 Å². The van der Waals surface area contributed by atoms with Crippen molar-refractivity contribution >= 4 is 28.0 Å². The zero-order valence-corrected chi connectivity index (χ0v) is 14.7. The fourth-order valence-electron chi connectivity index (χ4n) is 3.81. The predicted molar refractivity (Wildman–Crippen MR) is 100 cm³/mol. The number of hydrogen-bond donors (Lipinski definition) is 0. The van der Waals surface area contributed by atoms with Gasteiger partial charge in [0.05, 0.1) is 16.9 Å². The van der Waals surface area contributed by atoms with Gasteiger partial charge >= 0.3 is 0 Å². The van der Waals surface area contributed by atoms with Gasteiger partial charge in [-0.1, -0.05) is 12.1 Å². The van der Waals surface area contributed by atoms with E-state index in [1.807, 2.05) is 23.1 Å². The molecule has 136 valence electrons. The normalized spacial score (nSPS) is 17.3. The first-order valence-corrected chi connectivity index (χ1v) is 8.90. The van der Waals surface area contributed by atoms with Crippen molar-refractivity contribution < 1.29 is 8.81 Å². The third-order valence-electron chi connectivity index (χ3n) is 5.15. The van der Waals surface area contributed by atoms with Crippen LogP contribution in [0, 0.1) is 5.82 Å². The van der Waals surface area contributed by atoms with Crippen LogP contribution in [-0.2, 0) is 7.05 Å². The number of halogens is 1. The predicted octanol–water partition coefficient (Wildman–Crippen LogP) is 3.56. The van der Waals surface area contributed by atoms with Crippen molar-refractivity contribution in [3.8, 4) is 0 Å². The van der Waals surface area contributed by atoms with Crippen molar-refractivity contribution in [3.05, 3.63) is 64.5 Å². The molecule has 2 aromatic carbocycles. The van der Waals surface area contributed by atoms with E-state index in [1.54, 1.807) is 23.7 Å². The molecule has 1 aliphatic rings. The molecule has 1 atom stereocenters. The quantitative estimate of drug-likeness (QED) is 0.544. The highest BCUT2D eigenvalue weighted by molar-refractivity contribution is 5.77. The van der Waals surface area contributed by atoms with E-state index >= 15 is 0 Å². The van der Waals surface area contributed by atoms with E-state index in [0.717, 1.165) is 19.4 Å². The lowest BCUT2D eigenvalue weighted by atomic mass is 10.1. The molecule has 5 rings (SSSR count). The summed E-state index contributed by atoms with van der Waals surface area (Å²) in [5.74, 6) is 0.325. The van der Waals surface area contributed by atoms with Gasteiger partial charge in [-0.15, -0.1) is 0 Å². The second-order valence-corrected chi connectivity index (χ2v) is 6.81. The highest BCUT2D eigenvalue weighted by Crippen LogP contribution is 2.36. The van der Waals surface area contributed by atoms with Crippen LogP contribution in [0.5, 0.6) is 0 Å². The first-order chi connectivity index (χ1) is 13.1. The molecule has 0 spiro atoms. The van der Waals surface area contributed by atoms with Crippen LogP contribution in [0.4, 0.5) is 10.4 Å². The lowest BCUT2D eigenvalue weighted by molar-refractivity contribution is 0.532. The molecule has 27 heavy (non-hydrogen) atoms. The van der Waals surface area contributed by atoms with E-state index in [-0.39, 0.29) is 17.4 Å². The monoisotopic (exact) mass is 364 g/mol. The summed E-state index contributed by atoms with van der Waals surface area (Å²) in [6.07, 6.45) is 1.77. The molecule has 0 radical (unpaired) electrons. The zero-order chi connectivity index (χ0) is 18.5. The number of anilines is 1. The number of nitrogens with zero attached hydrogens (tertiary/aromatic N) is 4. The number of rotatable bonds is 2. The maximum Gasteiger partial charge on any atom is 0.299 e. The summed E-state index contributed by atoms with van der Waals surface area (Å²) in [5.41, 5.74) is 1.64. The average Bonchev–Trinajstić information content (AvgIpc) is 3.30. The van der Waals surface area contributed by atoms with Crippen molar-refractivity contribution in [3.63, 3.8) is 0 Å². The molecular formula is C20H17FN4O2. The molecule has 1 fully saturated rings. The molecule has 2 aromatic heterocycles.